The Morgan fingerprint density at radius 2 is 1.80 bits per heavy atom. The van der Waals surface area contributed by atoms with Crippen molar-refractivity contribution in [1.82, 2.24) is 5.32 Å². The number of benzene rings is 1. The Morgan fingerprint density at radius 3 is 2.30 bits per heavy atom. The monoisotopic (exact) mass is 288 g/mol. The standard InChI is InChI=1S/C14H19F3N2O/c1-8(2)18-13(20)10(4)19-12-7-11(14(15,16)17)6-5-9(12)3/h5-8,10,19H,1-4H3,(H,18,20). The van der Waals surface area contributed by atoms with E-state index in [2.05, 4.69) is 10.6 Å². The minimum atomic E-state index is -4.40. The average Bonchev–Trinajstić information content (AvgIpc) is 2.29. The number of alkyl halides is 3. The molecule has 1 aromatic rings. The summed E-state index contributed by atoms with van der Waals surface area (Å²) < 4.78 is 38.0. The summed E-state index contributed by atoms with van der Waals surface area (Å²) in [5.74, 6) is -0.253. The van der Waals surface area contributed by atoms with Gasteiger partial charge in [-0.1, -0.05) is 6.07 Å². The Balaban J connectivity index is 2.89. The summed E-state index contributed by atoms with van der Waals surface area (Å²) in [4.78, 5) is 11.8. The third kappa shape index (κ3) is 4.43. The van der Waals surface area contributed by atoms with E-state index in [4.69, 9.17) is 0 Å². The normalized spacial score (nSPS) is 13.2. The minimum Gasteiger partial charge on any atom is -0.374 e. The van der Waals surface area contributed by atoms with Crippen molar-refractivity contribution in [2.75, 3.05) is 5.32 Å². The van der Waals surface area contributed by atoms with Crippen LogP contribution in [0.15, 0.2) is 18.2 Å². The molecule has 0 saturated heterocycles. The SMILES string of the molecule is Cc1ccc(C(F)(F)F)cc1NC(C)C(=O)NC(C)C. The molecule has 1 unspecified atom stereocenters. The molecule has 0 spiro atoms. The lowest BCUT2D eigenvalue weighted by Gasteiger charge is -2.19. The quantitative estimate of drug-likeness (QED) is 0.892. The maximum Gasteiger partial charge on any atom is 0.416 e. The number of anilines is 1. The molecule has 20 heavy (non-hydrogen) atoms. The van der Waals surface area contributed by atoms with Crippen molar-refractivity contribution in [2.24, 2.45) is 0 Å². The number of carbonyl (C=O) groups is 1. The first-order valence-electron chi connectivity index (χ1n) is 6.36. The van der Waals surface area contributed by atoms with E-state index in [9.17, 15) is 18.0 Å². The summed E-state index contributed by atoms with van der Waals surface area (Å²) in [6.45, 7) is 6.94. The highest BCUT2D eigenvalue weighted by Gasteiger charge is 2.31. The molecule has 0 aromatic heterocycles. The van der Waals surface area contributed by atoms with Crippen LogP contribution in [0.3, 0.4) is 0 Å². The number of hydrogen-bond acceptors (Lipinski definition) is 2. The average molecular weight is 288 g/mol. The maximum atomic E-state index is 12.7. The molecule has 0 saturated carbocycles. The van der Waals surface area contributed by atoms with Gasteiger partial charge >= 0.3 is 6.18 Å². The summed E-state index contributed by atoms with van der Waals surface area (Å²) >= 11 is 0. The smallest absolute Gasteiger partial charge is 0.374 e. The second-order valence-corrected chi connectivity index (χ2v) is 5.06. The van der Waals surface area contributed by atoms with Gasteiger partial charge < -0.3 is 10.6 Å². The first kappa shape index (κ1) is 16.3. The molecule has 1 atom stereocenters. The zero-order valence-electron chi connectivity index (χ0n) is 11.9. The van der Waals surface area contributed by atoms with E-state index in [1.807, 2.05) is 13.8 Å². The Bertz CT molecular complexity index is 484. The molecular weight excluding hydrogens is 269 g/mol. The molecule has 6 heteroatoms. The van der Waals surface area contributed by atoms with E-state index in [0.717, 1.165) is 12.1 Å². The van der Waals surface area contributed by atoms with Gasteiger partial charge in [0.05, 0.1) is 5.56 Å². The molecule has 0 fully saturated rings. The summed E-state index contributed by atoms with van der Waals surface area (Å²) in [5, 5.41) is 5.52. The van der Waals surface area contributed by atoms with Crippen molar-refractivity contribution in [1.29, 1.82) is 0 Å². The topological polar surface area (TPSA) is 41.1 Å². The molecular formula is C14H19F3N2O. The van der Waals surface area contributed by atoms with Crippen LogP contribution in [0, 0.1) is 6.92 Å². The summed E-state index contributed by atoms with van der Waals surface area (Å²) in [5.41, 5.74) is 0.232. The summed E-state index contributed by atoms with van der Waals surface area (Å²) in [7, 11) is 0. The first-order valence-corrected chi connectivity index (χ1v) is 6.36. The van der Waals surface area contributed by atoms with Crippen LogP contribution in [-0.4, -0.2) is 18.0 Å². The van der Waals surface area contributed by atoms with Gasteiger partial charge in [0.15, 0.2) is 0 Å². The van der Waals surface area contributed by atoms with Crippen molar-refractivity contribution < 1.29 is 18.0 Å². The second-order valence-electron chi connectivity index (χ2n) is 5.06. The molecule has 112 valence electrons. The lowest BCUT2D eigenvalue weighted by Crippen LogP contribution is -2.41. The van der Waals surface area contributed by atoms with Crippen molar-refractivity contribution in [3.63, 3.8) is 0 Å². The van der Waals surface area contributed by atoms with E-state index >= 15 is 0 Å². The highest BCUT2D eigenvalue weighted by molar-refractivity contribution is 5.84. The van der Waals surface area contributed by atoms with Gasteiger partial charge in [-0.15, -0.1) is 0 Å². The van der Waals surface area contributed by atoms with Crippen molar-refractivity contribution in [2.45, 2.75) is 46.0 Å². The Hall–Kier alpha value is -1.72. The largest absolute Gasteiger partial charge is 0.416 e. The maximum absolute atomic E-state index is 12.7. The molecule has 2 N–H and O–H groups in total. The fourth-order valence-electron chi connectivity index (χ4n) is 1.66. The zero-order chi connectivity index (χ0) is 15.5. The third-order valence-corrected chi connectivity index (χ3v) is 2.76. The highest BCUT2D eigenvalue weighted by atomic mass is 19.4. The molecule has 1 rings (SSSR count). The number of carbonyl (C=O) groups excluding carboxylic acids is 1. The highest BCUT2D eigenvalue weighted by Crippen LogP contribution is 2.32. The van der Waals surface area contributed by atoms with Crippen LogP contribution >= 0.6 is 0 Å². The van der Waals surface area contributed by atoms with Gasteiger partial charge in [-0.2, -0.15) is 13.2 Å². The second kappa shape index (κ2) is 6.15. The van der Waals surface area contributed by atoms with Crippen molar-refractivity contribution in [3.05, 3.63) is 29.3 Å². The van der Waals surface area contributed by atoms with E-state index in [1.54, 1.807) is 13.8 Å². The summed E-state index contributed by atoms with van der Waals surface area (Å²) in [6, 6.07) is 2.81. The van der Waals surface area contributed by atoms with Gasteiger partial charge in [-0.25, -0.2) is 0 Å². The minimum absolute atomic E-state index is 0.0191. The molecule has 0 radical (unpaired) electrons. The van der Waals surface area contributed by atoms with Crippen LogP contribution in [-0.2, 0) is 11.0 Å². The summed E-state index contributed by atoms with van der Waals surface area (Å²) in [6.07, 6.45) is -4.40. The van der Waals surface area contributed by atoms with Gasteiger partial charge in [-0.05, 0) is 45.4 Å². The molecule has 0 aliphatic carbocycles. The number of nitrogens with one attached hydrogen (secondary N) is 2. The zero-order valence-corrected chi connectivity index (χ0v) is 11.9. The molecule has 0 bridgehead atoms. The van der Waals surface area contributed by atoms with Crippen LogP contribution in [0.25, 0.3) is 0 Å². The number of rotatable bonds is 4. The van der Waals surface area contributed by atoms with Crippen LogP contribution in [0.4, 0.5) is 18.9 Å². The fourth-order valence-corrected chi connectivity index (χ4v) is 1.66. The predicted molar refractivity (Wildman–Crippen MR) is 72.5 cm³/mol. The lowest BCUT2D eigenvalue weighted by atomic mass is 10.1. The molecule has 1 amide bonds. The Labute approximate surface area is 116 Å². The number of amides is 1. The lowest BCUT2D eigenvalue weighted by molar-refractivity contribution is -0.137. The van der Waals surface area contributed by atoms with Gasteiger partial charge in [0.1, 0.15) is 6.04 Å². The van der Waals surface area contributed by atoms with Crippen LogP contribution < -0.4 is 10.6 Å². The molecule has 1 aromatic carbocycles. The van der Waals surface area contributed by atoms with Gasteiger partial charge in [0, 0.05) is 11.7 Å². The van der Waals surface area contributed by atoms with Gasteiger partial charge in [-0.3, -0.25) is 4.79 Å². The van der Waals surface area contributed by atoms with E-state index in [-0.39, 0.29) is 11.9 Å². The molecule has 3 nitrogen and oxygen atoms in total. The van der Waals surface area contributed by atoms with E-state index in [1.165, 1.54) is 6.07 Å². The molecule has 0 aliphatic rings. The van der Waals surface area contributed by atoms with Crippen molar-refractivity contribution in [3.8, 4) is 0 Å². The number of halogens is 3. The number of hydrogen-bond donors (Lipinski definition) is 2. The van der Waals surface area contributed by atoms with Crippen LogP contribution in [0.1, 0.15) is 31.9 Å². The van der Waals surface area contributed by atoms with Crippen molar-refractivity contribution >= 4 is 11.6 Å². The van der Waals surface area contributed by atoms with Crippen LogP contribution in [0.5, 0.6) is 0 Å². The van der Waals surface area contributed by atoms with E-state index in [0.29, 0.717) is 11.3 Å². The Morgan fingerprint density at radius 1 is 1.20 bits per heavy atom. The fraction of sp³-hybridized carbons (Fsp3) is 0.500. The molecule has 0 heterocycles. The number of aryl methyl sites for hydroxylation is 1. The van der Waals surface area contributed by atoms with Gasteiger partial charge in [0.2, 0.25) is 5.91 Å². The third-order valence-electron chi connectivity index (χ3n) is 2.76. The van der Waals surface area contributed by atoms with Gasteiger partial charge in [0.25, 0.3) is 0 Å². The predicted octanol–water partition coefficient (Wildman–Crippen LogP) is 3.34. The van der Waals surface area contributed by atoms with Crippen LogP contribution in [0.2, 0.25) is 0 Å². The first-order chi connectivity index (χ1) is 9.11. The van der Waals surface area contributed by atoms with E-state index < -0.39 is 17.8 Å². The Kier molecular flexibility index (Phi) is 5.03. The molecule has 0 aliphatic heterocycles.